The van der Waals surface area contributed by atoms with Crippen molar-refractivity contribution >= 4 is 55.5 Å². The predicted molar refractivity (Wildman–Crippen MR) is 155 cm³/mol. The zero-order valence-corrected chi connectivity index (χ0v) is 29.3. The van der Waals surface area contributed by atoms with Gasteiger partial charge in [0.2, 0.25) is 0 Å². The standard InChI is InChI=1S/2C14H15P2.4ClH.2Ni/c2*1-12(15-13-8-4-2-5-9-13)16-14-10-6-3-7-11-14;;;;;;/h2*2-12,15-16H,1H2;4*1H;;/q;;;;;;2*+2/p-4. The van der Waals surface area contributed by atoms with Crippen LogP contribution in [0.2, 0.25) is 10.8 Å². The fourth-order valence-corrected chi connectivity index (χ4v) is 10.3. The second kappa shape index (κ2) is 25.5. The van der Waals surface area contributed by atoms with Crippen LogP contribution in [0.15, 0.2) is 121 Å². The molecule has 0 N–H and O–H groups in total. The molecule has 10 heteroatoms. The van der Waals surface area contributed by atoms with E-state index in [1.807, 2.05) is 0 Å². The second-order valence-electron chi connectivity index (χ2n) is 7.40. The molecule has 0 heterocycles. The van der Waals surface area contributed by atoms with Crippen molar-refractivity contribution in [1.29, 1.82) is 0 Å². The van der Waals surface area contributed by atoms with Gasteiger partial charge in [0.15, 0.2) is 0 Å². The third-order valence-electron chi connectivity index (χ3n) is 4.72. The van der Waals surface area contributed by atoms with E-state index >= 15 is 0 Å². The summed E-state index contributed by atoms with van der Waals surface area (Å²) >= 11 is 9.97. The molecule has 0 bridgehead atoms. The van der Waals surface area contributed by atoms with Crippen LogP contribution < -0.4 is 70.8 Å². The van der Waals surface area contributed by atoms with Crippen molar-refractivity contribution in [2.24, 2.45) is 0 Å². The van der Waals surface area contributed by atoms with Crippen LogP contribution in [0.4, 0.5) is 0 Å². The van der Waals surface area contributed by atoms with Gasteiger partial charge in [-0.3, -0.25) is 0 Å². The third-order valence-corrected chi connectivity index (χ3v) is 13.4. The molecule has 4 aromatic rings. The number of hydrogen-bond donors (Lipinski definition) is 0. The Morgan fingerprint density at radius 1 is 0.368 bits per heavy atom. The quantitative estimate of drug-likeness (QED) is 0.112. The average molecular weight is 750 g/mol. The van der Waals surface area contributed by atoms with Crippen LogP contribution in [-0.2, 0) is 30.9 Å². The summed E-state index contributed by atoms with van der Waals surface area (Å²) < 4.78 is 0. The Morgan fingerprint density at radius 3 is 0.711 bits per heavy atom. The molecule has 0 spiro atoms. The molecule has 0 saturated carbocycles. The molecule has 0 aliphatic carbocycles. The molecular formula is C28H30Cl4Ni2P4. The molecule has 4 aromatic carbocycles. The minimum absolute atomic E-state index is 0. The van der Waals surface area contributed by atoms with Crippen molar-refractivity contribution in [3.63, 3.8) is 0 Å². The van der Waals surface area contributed by atoms with Gasteiger partial charge in [-0.25, -0.2) is 0 Å². The Balaban J connectivity index is 0. The predicted octanol–water partition coefficient (Wildman–Crippen LogP) is -5.41. The SMILES string of the molecule is [Cl-].[Cl-].[Cl-].[Cl-].[Ni+2][CH2]C(Pc1ccccc1)Pc1ccccc1.[Ni+2][CH2]C(Pc1ccccc1)Pc1ccccc1. The van der Waals surface area contributed by atoms with Gasteiger partial charge in [-0.05, 0) is 0 Å². The fourth-order valence-electron chi connectivity index (χ4n) is 3.14. The molecule has 0 amide bonds. The third kappa shape index (κ3) is 16.9. The summed E-state index contributed by atoms with van der Waals surface area (Å²) in [4.78, 5) is 0. The Morgan fingerprint density at radius 2 is 0.553 bits per heavy atom. The molecule has 0 radical (unpaired) electrons. The monoisotopic (exact) mass is 746 g/mol. The van der Waals surface area contributed by atoms with E-state index in [0.29, 0.717) is 10.8 Å². The van der Waals surface area contributed by atoms with E-state index in [-0.39, 0.29) is 49.6 Å². The summed E-state index contributed by atoms with van der Waals surface area (Å²) in [5.41, 5.74) is 0. The van der Waals surface area contributed by atoms with Crippen LogP contribution in [0.3, 0.4) is 0 Å². The van der Waals surface area contributed by atoms with E-state index in [4.69, 9.17) is 30.9 Å². The van der Waals surface area contributed by atoms with E-state index in [1.54, 1.807) is 0 Å². The van der Waals surface area contributed by atoms with Crippen molar-refractivity contribution in [1.82, 2.24) is 0 Å². The van der Waals surface area contributed by atoms with Gasteiger partial charge in [0.05, 0.1) is 0 Å². The molecule has 0 nitrogen and oxygen atoms in total. The molecule has 4 atom stereocenters. The van der Waals surface area contributed by atoms with Gasteiger partial charge in [-0.15, -0.1) is 0 Å². The molecule has 0 saturated heterocycles. The first kappa shape index (κ1) is 40.9. The van der Waals surface area contributed by atoms with Gasteiger partial charge >= 0.3 is 229 Å². The molecule has 0 aromatic heterocycles. The number of benzene rings is 4. The summed E-state index contributed by atoms with van der Waals surface area (Å²) in [6.07, 6.45) is 0. The van der Waals surface area contributed by atoms with Gasteiger partial charge in [0.1, 0.15) is 0 Å². The molecule has 0 fully saturated rings. The van der Waals surface area contributed by atoms with Crippen molar-refractivity contribution in [3.8, 4) is 0 Å². The van der Waals surface area contributed by atoms with Gasteiger partial charge in [-0.2, -0.15) is 0 Å². The van der Waals surface area contributed by atoms with Crippen LogP contribution in [-0.4, -0.2) is 10.8 Å². The molecule has 0 aliphatic heterocycles. The van der Waals surface area contributed by atoms with E-state index in [0.717, 1.165) is 45.1 Å². The molecule has 0 aliphatic rings. The van der Waals surface area contributed by atoms with Crippen molar-refractivity contribution < 1.29 is 80.6 Å². The van der Waals surface area contributed by atoms with E-state index in [2.05, 4.69) is 121 Å². The first-order chi connectivity index (χ1) is 16.8. The number of hydrogen-bond acceptors (Lipinski definition) is 0. The zero-order chi connectivity index (χ0) is 23.8. The average Bonchev–Trinajstić information content (AvgIpc) is 2.91. The van der Waals surface area contributed by atoms with Gasteiger partial charge in [0, 0.05) is 0 Å². The molecule has 38 heavy (non-hydrogen) atoms. The fraction of sp³-hybridized carbons (Fsp3) is 0.143. The Bertz CT molecular complexity index is 883. The maximum absolute atomic E-state index is 4.99. The topological polar surface area (TPSA) is 0 Å². The van der Waals surface area contributed by atoms with E-state index in [1.165, 1.54) is 21.2 Å². The maximum atomic E-state index is 4.99. The molecule has 4 rings (SSSR count). The van der Waals surface area contributed by atoms with Crippen molar-refractivity contribution in [3.05, 3.63) is 121 Å². The molecule has 210 valence electrons. The summed E-state index contributed by atoms with van der Waals surface area (Å²) in [5, 5.41) is 8.77. The molecule has 4 unspecified atom stereocenters. The van der Waals surface area contributed by atoms with Gasteiger partial charge in [-0.1, -0.05) is 0 Å². The zero-order valence-electron chi connectivity index (χ0n) is 20.3. The van der Waals surface area contributed by atoms with Crippen LogP contribution >= 0.6 is 34.3 Å². The Kier molecular flexibility index (Phi) is 27.4. The normalized spacial score (nSPS) is 12.3. The minimum atomic E-state index is 0. The number of rotatable bonds is 10. The van der Waals surface area contributed by atoms with Gasteiger partial charge < -0.3 is 49.6 Å². The van der Waals surface area contributed by atoms with E-state index < -0.39 is 0 Å². The summed E-state index contributed by atoms with van der Waals surface area (Å²) in [6.45, 7) is 0. The first-order valence-corrected chi connectivity index (χ1v) is 16.8. The number of halogens is 4. The summed E-state index contributed by atoms with van der Waals surface area (Å²) in [7, 11) is 3.36. The van der Waals surface area contributed by atoms with Crippen LogP contribution in [0.1, 0.15) is 0 Å². The van der Waals surface area contributed by atoms with Crippen molar-refractivity contribution in [2.75, 3.05) is 0 Å². The van der Waals surface area contributed by atoms with Crippen molar-refractivity contribution in [2.45, 2.75) is 21.6 Å². The van der Waals surface area contributed by atoms with Gasteiger partial charge in [0.25, 0.3) is 0 Å². The second-order valence-corrected chi connectivity index (χ2v) is 15.6. The van der Waals surface area contributed by atoms with E-state index in [9.17, 15) is 0 Å². The molecular weight excluding hydrogens is 719 g/mol. The Hall–Kier alpha value is 0.747. The van der Waals surface area contributed by atoms with Crippen LogP contribution in [0.5, 0.6) is 0 Å². The van der Waals surface area contributed by atoms with Crippen LogP contribution in [0.25, 0.3) is 0 Å². The van der Waals surface area contributed by atoms with Crippen LogP contribution in [0, 0.1) is 0 Å². The Labute approximate surface area is 276 Å². The summed E-state index contributed by atoms with van der Waals surface area (Å²) in [5.74, 6) is 0. The summed E-state index contributed by atoms with van der Waals surface area (Å²) in [6, 6.07) is 42.8. The first-order valence-electron chi connectivity index (χ1n) is 11.1.